The fourth-order valence-electron chi connectivity index (χ4n) is 3.82. The summed E-state index contributed by atoms with van der Waals surface area (Å²) < 4.78 is 37.4. The standard InChI is InChI=1S/C26H27ClIO6P/c1-16(2)22-13-20(7-8-24(22)29)33-26-17(3)11-21(14-23(26)28)31-15-35(30)32-10-9-25(34-35)18-5-4-6-19(27)12-18/h4-8,11-14,16,25,29H,9-10,15H2,1-3H3/t25-,35+/m0/s1. The molecule has 0 aromatic heterocycles. The predicted octanol–water partition coefficient (Wildman–Crippen LogP) is 8.58. The zero-order chi connectivity index (χ0) is 25.2. The molecule has 0 amide bonds. The normalized spacial score (nSPS) is 20.1. The van der Waals surface area contributed by atoms with E-state index < -0.39 is 7.60 Å². The van der Waals surface area contributed by atoms with E-state index in [1.54, 1.807) is 18.2 Å². The molecule has 1 N–H and O–H groups in total. The first-order valence-corrected chi connectivity index (χ1v) is 14.4. The fourth-order valence-corrected chi connectivity index (χ4v) is 6.36. The number of ether oxygens (including phenoxy) is 2. The van der Waals surface area contributed by atoms with Crippen LogP contribution in [-0.2, 0) is 13.6 Å². The second-order valence-corrected chi connectivity index (χ2v) is 12.2. The van der Waals surface area contributed by atoms with Crippen molar-refractivity contribution >= 4 is 41.8 Å². The van der Waals surface area contributed by atoms with E-state index in [0.29, 0.717) is 35.3 Å². The molecule has 1 aliphatic rings. The third kappa shape index (κ3) is 6.52. The Morgan fingerprint density at radius 2 is 1.97 bits per heavy atom. The van der Waals surface area contributed by atoms with Gasteiger partial charge >= 0.3 is 7.60 Å². The van der Waals surface area contributed by atoms with Crippen LogP contribution in [0.25, 0.3) is 0 Å². The van der Waals surface area contributed by atoms with E-state index in [1.807, 2.05) is 57.2 Å². The van der Waals surface area contributed by atoms with E-state index in [0.717, 1.165) is 20.3 Å². The van der Waals surface area contributed by atoms with E-state index in [4.69, 9.17) is 30.1 Å². The lowest BCUT2D eigenvalue weighted by Crippen LogP contribution is -2.17. The number of rotatable bonds is 7. The summed E-state index contributed by atoms with van der Waals surface area (Å²) in [4.78, 5) is 0. The van der Waals surface area contributed by atoms with Crippen LogP contribution >= 0.6 is 41.8 Å². The molecule has 1 saturated heterocycles. The van der Waals surface area contributed by atoms with E-state index >= 15 is 0 Å². The number of halogens is 2. The van der Waals surface area contributed by atoms with Crippen LogP contribution in [0.15, 0.2) is 54.6 Å². The first-order valence-electron chi connectivity index (χ1n) is 11.2. The fraction of sp³-hybridized carbons (Fsp3) is 0.308. The van der Waals surface area contributed by atoms with Gasteiger partial charge in [-0.2, -0.15) is 0 Å². The number of hydrogen-bond donors (Lipinski definition) is 1. The van der Waals surface area contributed by atoms with Crippen molar-refractivity contribution in [2.45, 2.75) is 39.2 Å². The average molecular weight is 629 g/mol. The summed E-state index contributed by atoms with van der Waals surface area (Å²) in [5.41, 5.74) is 2.54. The minimum Gasteiger partial charge on any atom is -0.508 e. The molecule has 0 aliphatic carbocycles. The van der Waals surface area contributed by atoms with Gasteiger partial charge < -0.3 is 19.1 Å². The first-order chi connectivity index (χ1) is 16.6. The lowest BCUT2D eigenvalue weighted by Gasteiger charge is -2.30. The quantitative estimate of drug-likeness (QED) is 0.209. The van der Waals surface area contributed by atoms with Gasteiger partial charge in [-0.25, -0.2) is 0 Å². The minimum atomic E-state index is -3.45. The zero-order valence-corrected chi connectivity index (χ0v) is 23.5. The van der Waals surface area contributed by atoms with Crippen molar-refractivity contribution in [2.24, 2.45) is 0 Å². The molecule has 1 heterocycles. The summed E-state index contributed by atoms with van der Waals surface area (Å²) in [6.45, 7) is 6.26. The van der Waals surface area contributed by atoms with Gasteiger partial charge in [-0.05, 0) is 89.0 Å². The highest BCUT2D eigenvalue weighted by Crippen LogP contribution is 2.56. The zero-order valence-electron chi connectivity index (χ0n) is 19.7. The molecule has 9 heteroatoms. The number of aryl methyl sites for hydroxylation is 1. The molecule has 4 rings (SSSR count). The smallest absolute Gasteiger partial charge is 0.368 e. The third-order valence-corrected chi connectivity index (χ3v) is 8.24. The molecule has 0 saturated carbocycles. The Morgan fingerprint density at radius 3 is 2.69 bits per heavy atom. The van der Waals surface area contributed by atoms with E-state index in [-0.39, 0.29) is 24.1 Å². The summed E-state index contributed by atoms with van der Waals surface area (Å²) in [6.07, 6.45) is 0.0223. The maximum Gasteiger partial charge on any atom is 0.368 e. The highest BCUT2D eigenvalue weighted by atomic mass is 127. The molecule has 6 nitrogen and oxygen atoms in total. The van der Waals surface area contributed by atoms with Crippen LogP contribution in [-0.4, -0.2) is 18.1 Å². The molecular formula is C26H27ClIO6P. The molecule has 0 radical (unpaired) electrons. The molecule has 3 aromatic carbocycles. The lowest BCUT2D eigenvalue weighted by molar-refractivity contribution is 0.0725. The van der Waals surface area contributed by atoms with Crippen molar-refractivity contribution in [1.29, 1.82) is 0 Å². The highest BCUT2D eigenvalue weighted by Gasteiger charge is 2.35. The van der Waals surface area contributed by atoms with Gasteiger partial charge in [0.05, 0.1) is 16.3 Å². The van der Waals surface area contributed by atoms with Crippen LogP contribution in [0, 0.1) is 10.5 Å². The third-order valence-electron chi connectivity index (χ3n) is 5.61. The van der Waals surface area contributed by atoms with Crippen LogP contribution in [0.2, 0.25) is 5.02 Å². The van der Waals surface area contributed by atoms with Crippen molar-refractivity contribution in [3.05, 3.63) is 79.9 Å². The van der Waals surface area contributed by atoms with Gasteiger partial charge in [0.15, 0.2) is 6.35 Å². The van der Waals surface area contributed by atoms with E-state index in [1.165, 1.54) is 0 Å². The van der Waals surface area contributed by atoms with Crippen molar-refractivity contribution < 1.29 is 28.2 Å². The van der Waals surface area contributed by atoms with Gasteiger partial charge in [0.1, 0.15) is 23.0 Å². The lowest BCUT2D eigenvalue weighted by atomic mass is 10.0. The summed E-state index contributed by atoms with van der Waals surface area (Å²) in [5, 5.41) is 10.7. The molecular weight excluding hydrogens is 602 g/mol. The topological polar surface area (TPSA) is 74.2 Å². The van der Waals surface area contributed by atoms with Crippen molar-refractivity contribution in [1.82, 2.24) is 0 Å². The van der Waals surface area contributed by atoms with E-state index in [2.05, 4.69) is 22.6 Å². The molecule has 3 aromatic rings. The second kappa shape index (κ2) is 11.1. The summed E-state index contributed by atoms with van der Waals surface area (Å²) >= 11 is 8.28. The summed E-state index contributed by atoms with van der Waals surface area (Å²) in [6, 6.07) is 16.2. The number of phenolic OH excluding ortho intramolecular Hbond substituents is 1. The SMILES string of the molecule is Cc1cc(OC[P@@]2(=O)OCC[C@@H](c3cccc(Cl)c3)O2)cc(I)c1Oc1ccc(O)c(C(C)C)c1. The molecule has 0 unspecified atom stereocenters. The van der Waals surface area contributed by atoms with Gasteiger partial charge in [-0.15, -0.1) is 0 Å². The molecule has 1 fully saturated rings. The average Bonchev–Trinajstić information content (AvgIpc) is 2.81. The number of hydrogen-bond acceptors (Lipinski definition) is 6. The van der Waals surface area contributed by atoms with Crippen LogP contribution in [0.5, 0.6) is 23.0 Å². The summed E-state index contributed by atoms with van der Waals surface area (Å²) in [5.74, 6) is 2.29. The van der Waals surface area contributed by atoms with Gasteiger partial charge in [-0.3, -0.25) is 9.09 Å². The van der Waals surface area contributed by atoms with Crippen molar-refractivity contribution in [2.75, 3.05) is 13.0 Å². The highest BCUT2D eigenvalue weighted by molar-refractivity contribution is 14.1. The molecule has 2 atom stereocenters. The molecule has 35 heavy (non-hydrogen) atoms. The Hall–Kier alpha value is -1.77. The number of aromatic hydroxyl groups is 1. The maximum absolute atomic E-state index is 13.2. The molecule has 1 aliphatic heterocycles. The Kier molecular flexibility index (Phi) is 8.34. The molecule has 186 valence electrons. The van der Waals surface area contributed by atoms with Crippen molar-refractivity contribution in [3.63, 3.8) is 0 Å². The van der Waals surface area contributed by atoms with Crippen LogP contribution < -0.4 is 9.47 Å². The Balaban J connectivity index is 1.45. The number of benzene rings is 3. The summed E-state index contributed by atoms with van der Waals surface area (Å²) in [7, 11) is -3.45. The minimum absolute atomic E-state index is 0.167. The van der Waals surface area contributed by atoms with Crippen molar-refractivity contribution in [3.8, 4) is 23.0 Å². The Labute approximate surface area is 224 Å². The first kappa shape index (κ1) is 26.3. The molecule has 0 bridgehead atoms. The van der Waals surface area contributed by atoms with Gasteiger partial charge in [0.2, 0.25) is 0 Å². The Morgan fingerprint density at radius 1 is 1.17 bits per heavy atom. The maximum atomic E-state index is 13.2. The van der Waals surface area contributed by atoms with Crippen LogP contribution in [0.3, 0.4) is 0 Å². The Bertz CT molecular complexity index is 1240. The monoisotopic (exact) mass is 628 g/mol. The molecule has 0 spiro atoms. The second-order valence-electron chi connectivity index (χ2n) is 8.68. The van der Waals surface area contributed by atoms with Gasteiger partial charge in [0.25, 0.3) is 0 Å². The number of phenols is 1. The predicted molar refractivity (Wildman–Crippen MR) is 145 cm³/mol. The largest absolute Gasteiger partial charge is 0.508 e. The van der Waals surface area contributed by atoms with Gasteiger partial charge in [0, 0.05) is 17.0 Å². The van der Waals surface area contributed by atoms with E-state index in [9.17, 15) is 9.67 Å². The van der Waals surface area contributed by atoms with Crippen LogP contribution in [0.4, 0.5) is 0 Å². The van der Waals surface area contributed by atoms with Gasteiger partial charge in [-0.1, -0.05) is 37.6 Å². The van der Waals surface area contributed by atoms with Crippen LogP contribution in [0.1, 0.15) is 49.0 Å².